The summed E-state index contributed by atoms with van der Waals surface area (Å²) in [6, 6.07) is 19.9. The fraction of sp³-hybridized carbons (Fsp3) is 0.324. The highest BCUT2D eigenvalue weighted by Gasteiger charge is 2.42. The lowest BCUT2D eigenvalue weighted by Gasteiger charge is -2.35. The van der Waals surface area contributed by atoms with Crippen molar-refractivity contribution in [3.05, 3.63) is 95.6 Å². The van der Waals surface area contributed by atoms with E-state index in [1.165, 1.54) is 18.1 Å². The maximum Gasteiger partial charge on any atom is 0.275 e. The SMILES string of the molecule is COc1ccccc1C(=O)Nc1ccc(C(=O)N2CCC(F)(F)/C(=C\C(=O)N3CCC(N(C)C)CC3)c3ccccc32)cc1.Cl. The van der Waals surface area contributed by atoms with Crippen LogP contribution in [0, 0.1) is 0 Å². The Morgan fingerprint density at radius 2 is 1.58 bits per heavy atom. The van der Waals surface area contributed by atoms with Crippen molar-refractivity contribution in [2.75, 3.05) is 51.1 Å². The molecule has 3 aromatic carbocycles. The quantitative estimate of drug-likeness (QED) is 0.336. The molecule has 2 heterocycles. The molecule has 0 aliphatic carbocycles. The first-order valence-electron chi connectivity index (χ1n) is 14.6. The van der Waals surface area contributed by atoms with E-state index in [9.17, 15) is 14.4 Å². The maximum atomic E-state index is 15.7. The Kier molecular flexibility index (Phi) is 10.6. The molecule has 5 rings (SSSR count). The van der Waals surface area contributed by atoms with Gasteiger partial charge in [-0.3, -0.25) is 14.4 Å². The molecule has 1 saturated heterocycles. The number of fused-ring (bicyclic) bond motifs is 1. The summed E-state index contributed by atoms with van der Waals surface area (Å²) < 4.78 is 36.6. The summed E-state index contributed by atoms with van der Waals surface area (Å²) in [5.74, 6) is -4.18. The van der Waals surface area contributed by atoms with Crippen LogP contribution in [-0.2, 0) is 4.79 Å². The number of anilines is 2. The Balaban J connectivity index is 0.00000461. The minimum Gasteiger partial charge on any atom is -0.496 e. The van der Waals surface area contributed by atoms with E-state index in [-0.39, 0.29) is 41.6 Å². The van der Waals surface area contributed by atoms with Crippen molar-refractivity contribution < 1.29 is 27.9 Å². The number of nitrogens with zero attached hydrogens (tertiary/aromatic N) is 3. The molecular weight excluding hydrogens is 602 g/mol. The van der Waals surface area contributed by atoms with Crippen LogP contribution in [0.5, 0.6) is 5.75 Å². The number of halogens is 3. The highest BCUT2D eigenvalue weighted by Crippen LogP contribution is 2.43. The number of amides is 3. The molecule has 2 aliphatic rings. The second-order valence-corrected chi connectivity index (χ2v) is 11.2. The number of piperidine rings is 1. The summed E-state index contributed by atoms with van der Waals surface area (Å²) in [4.78, 5) is 44.8. The summed E-state index contributed by atoms with van der Waals surface area (Å²) in [5.41, 5.74) is 1.17. The number of likely N-dealkylation sites (tertiary alicyclic amines) is 1. The van der Waals surface area contributed by atoms with Crippen LogP contribution in [0.4, 0.5) is 20.2 Å². The van der Waals surface area contributed by atoms with Gasteiger partial charge in [-0.1, -0.05) is 30.3 Å². The van der Waals surface area contributed by atoms with Crippen LogP contribution in [0.25, 0.3) is 5.57 Å². The van der Waals surface area contributed by atoms with Crippen LogP contribution in [0.1, 0.15) is 45.5 Å². The number of rotatable bonds is 6. The van der Waals surface area contributed by atoms with Gasteiger partial charge in [0, 0.05) is 60.6 Å². The summed E-state index contributed by atoms with van der Waals surface area (Å²) in [6.07, 6.45) is 1.98. The predicted octanol–water partition coefficient (Wildman–Crippen LogP) is 5.99. The van der Waals surface area contributed by atoms with Crippen molar-refractivity contribution in [3.8, 4) is 5.75 Å². The van der Waals surface area contributed by atoms with Gasteiger partial charge in [0.15, 0.2) is 0 Å². The largest absolute Gasteiger partial charge is 0.496 e. The third-order valence-corrected chi connectivity index (χ3v) is 8.29. The normalized spacial score (nSPS) is 17.2. The molecule has 0 radical (unpaired) electrons. The minimum absolute atomic E-state index is 0. The van der Waals surface area contributed by atoms with Crippen molar-refractivity contribution in [2.45, 2.75) is 31.2 Å². The van der Waals surface area contributed by atoms with Crippen molar-refractivity contribution >= 4 is 47.1 Å². The Hall–Kier alpha value is -4.28. The van der Waals surface area contributed by atoms with Gasteiger partial charge in [-0.2, -0.15) is 0 Å². The maximum absolute atomic E-state index is 15.7. The minimum atomic E-state index is -3.32. The number of para-hydroxylation sites is 2. The Labute approximate surface area is 268 Å². The number of nitrogens with one attached hydrogen (secondary N) is 1. The summed E-state index contributed by atoms with van der Waals surface area (Å²) in [7, 11) is 5.47. The van der Waals surface area contributed by atoms with E-state index in [0.717, 1.165) is 18.9 Å². The third kappa shape index (κ3) is 7.34. The lowest BCUT2D eigenvalue weighted by atomic mass is 9.96. The number of ether oxygens (including phenoxy) is 1. The molecule has 3 amide bonds. The molecule has 0 bridgehead atoms. The molecule has 0 saturated carbocycles. The Morgan fingerprint density at radius 1 is 0.933 bits per heavy atom. The molecule has 1 fully saturated rings. The van der Waals surface area contributed by atoms with Crippen LogP contribution >= 0.6 is 12.4 Å². The average molecular weight is 639 g/mol. The molecule has 2 aliphatic heterocycles. The lowest BCUT2D eigenvalue weighted by molar-refractivity contribution is -0.127. The second-order valence-electron chi connectivity index (χ2n) is 11.2. The molecular formula is C34H37ClF2N4O4. The second kappa shape index (κ2) is 14.2. The summed E-state index contributed by atoms with van der Waals surface area (Å²) in [6.45, 7) is 0.756. The Bertz CT molecular complexity index is 1570. The summed E-state index contributed by atoms with van der Waals surface area (Å²) in [5, 5.41) is 2.79. The van der Waals surface area contributed by atoms with Crippen LogP contribution in [0.15, 0.2) is 78.9 Å². The van der Waals surface area contributed by atoms with Crippen molar-refractivity contribution in [1.29, 1.82) is 0 Å². The first kappa shape index (κ1) is 33.6. The number of benzene rings is 3. The number of carbonyl (C=O) groups excluding carboxylic acids is 3. The summed E-state index contributed by atoms with van der Waals surface area (Å²) >= 11 is 0. The number of alkyl halides is 2. The smallest absolute Gasteiger partial charge is 0.275 e. The molecule has 11 heteroatoms. The van der Waals surface area contributed by atoms with Crippen molar-refractivity contribution in [2.24, 2.45) is 0 Å². The van der Waals surface area contributed by atoms with Crippen molar-refractivity contribution in [1.82, 2.24) is 9.80 Å². The number of carbonyl (C=O) groups is 3. The highest BCUT2D eigenvalue weighted by atomic mass is 35.5. The van der Waals surface area contributed by atoms with Gasteiger partial charge in [-0.05, 0) is 69.4 Å². The number of allylic oxidation sites excluding steroid dienone is 1. The fourth-order valence-corrected chi connectivity index (χ4v) is 5.74. The van der Waals surface area contributed by atoms with E-state index in [1.54, 1.807) is 71.6 Å². The van der Waals surface area contributed by atoms with Gasteiger partial charge in [-0.25, -0.2) is 8.78 Å². The monoisotopic (exact) mass is 638 g/mol. The number of methoxy groups -OCH3 is 1. The third-order valence-electron chi connectivity index (χ3n) is 8.29. The average Bonchev–Trinajstić information content (AvgIpc) is 3.14. The zero-order valence-corrected chi connectivity index (χ0v) is 26.3. The number of hydrogen-bond donors (Lipinski definition) is 1. The van der Waals surface area contributed by atoms with E-state index in [4.69, 9.17) is 4.74 Å². The molecule has 0 atom stereocenters. The van der Waals surface area contributed by atoms with Gasteiger partial charge in [0.1, 0.15) is 5.75 Å². The first-order valence-corrected chi connectivity index (χ1v) is 14.6. The number of hydrogen-bond acceptors (Lipinski definition) is 5. The Morgan fingerprint density at radius 3 is 2.24 bits per heavy atom. The van der Waals surface area contributed by atoms with Gasteiger partial charge in [-0.15, -0.1) is 12.4 Å². The van der Waals surface area contributed by atoms with E-state index < -0.39 is 24.2 Å². The van der Waals surface area contributed by atoms with Gasteiger partial charge >= 0.3 is 0 Å². The molecule has 45 heavy (non-hydrogen) atoms. The zero-order valence-electron chi connectivity index (χ0n) is 25.5. The van der Waals surface area contributed by atoms with Crippen LogP contribution in [0.3, 0.4) is 0 Å². The van der Waals surface area contributed by atoms with Crippen LogP contribution in [0.2, 0.25) is 0 Å². The van der Waals surface area contributed by atoms with Gasteiger partial charge in [0.2, 0.25) is 5.91 Å². The highest BCUT2D eigenvalue weighted by molar-refractivity contribution is 6.10. The zero-order chi connectivity index (χ0) is 31.4. The van der Waals surface area contributed by atoms with Crippen LogP contribution < -0.4 is 15.0 Å². The van der Waals surface area contributed by atoms with Gasteiger partial charge < -0.3 is 24.8 Å². The fourth-order valence-electron chi connectivity index (χ4n) is 5.74. The van der Waals surface area contributed by atoms with E-state index >= 15 is 8.78 Å². The van der Waals surface area contributed by atoms with Gasteiger partial charge in [0.05, 0.1) is 18.4 Å². The van der Waals surface area contributed by atoms with Gasteiger partial charge in [0.25, 0.3) is 17.7 Å². The molecule has 238 valence electrons. The topological polar surface area (TPSA) is 82.2 Å². The molecule has 1 N–H and O–H groups in total. The van der Waals surface area contributed by atoms with E-state index in [0.29, 0.717) is 41.8 Å². The standard InChI is InChI=1S/C34H36F2N4O4.ClH/c1-38(2)25-16-19-39(20-17-25)31(41)22-28-26-8-4-6-10-29(26)40(21-18-34(28,35)36)33(43)23-12-14-24(15-13-23)37-32(42)27-9-5-7-11-30(27)44-3;/h4-15,22,25H,16-21H2,1-3H3,(H,37,42);1H/b28-22-;. The molecule has 3 aromatic rings. The molecule has 8 nitrogen and oxygen atoms in total. The van der Waals surface area contributed by atoms with E-state index in [1.807, 2.05) is 14.1 Å². The molecule has 0 unspecified atom stereocenters. The molecule has 0 spiro atoms. The van der Waals surface area contributed by atoms with E-state index in [2.05, 4.69) is 10.2 Å². The van der Waals surface area contributed by atoms with Crippen LogP contribution in [-0.4, -0.2) is 80.3 Å². The molecule has 0 aromatic heterocycles. The predicted molar refractivity (Wildman–Crippen MR) is 174 cm³/mol. The van der Waals surface area contributed by atoms with Crippen molar-refractivity contribution in [3.63, 3.8) is 0 Å². The first-order chi connectivity index (χ1) is 21.1. The lowest BCUT2D eigenvalue weighted by Crippen LogP contribution is -2.44.